The van der Waals surface area contributed by atoms with E-state index >= 15 is 0 Å². The second-order valence-corrected chi connectivity index (χ2v) is 9.64. The van der Waals surface area contributed by atoms with Crippen molar-refractivity contribution in [2.24, 2.45) is 28.6 Å². The van der Waals surface area contributed by atoms with Gasteiger partial charge in [0.15, 0.2) is 0 Å². The van der Waals surface area contributed by atoms with Crippen molar-refractivity contribution in [3.8, 4) is 0 Å². The highest BCUT2D eigenvalue weighted by Crippen LogP contribution is 2.65. The number of rotatable bonds is 1. The first-order valence-electron chi connectivity index (χ1n) is 11.9. The molecule has 2 heteroatoms. The molecule has 7 atom stereocenters. The van der Waals surface area contributed by atoms with E-state index in [2.05, 4.69) is 19.9 Å². The second-order valence-electron chi connectivity index (χ2n) is 9.64. The predicted octanol–water partition coefficient (Wildman–Crippen LogP) is 6.93. The number of allylic oxidation sites excluding steroid dienone is 3. The summed E-state index contributed by atoms with van der Waals surface area (Å²) in [5.41, 5.74) is 2.37. The van der Waals surface area contributed by atoms with Gasteiger partial charge in [0.05, 0.1) is 12.2 Å². The van der Waals surface area contributed by atoms with Gasteiger partial charge in [0, 0.05) is 7.11 Å². The van der Waals surface area contributed by atoms with Crippen LogP contribution in [0.5, 0.6) is 0 Å². The highest BCUT2D eigenvalue weighted by atomic mass is 16.5. The van der Waals surface area contributed by atoms with Gasteiger partial charge in [0.1, 0.15) is 0 Å². The van der Waals surface area contributed by atoms with Gasteiger partial charge >= 0.3 is 0 Å². The van der Waals surface area contributed by atoms with Crippen LogP contribution in [-0.2, 0) is 4.74 Å². The van der Waals surface area contributed by atoms with E-state index < -0.39 is 0 Å². The summed E-state index contributed by atoms with van der Waals surface area (Å²) in [7, 11) is 1.91. The summed E-state index contributed by atoms with van der Waals surface area (Å²) in [5, 5.41) is 10.0. The minimum absolute atomic E-state index is 0.183. The SMILES string of the molecule is C/C=C/C.CC.COC1CCC2C3CCC4=CC(O)CCC4(C)C3CCC12C. The number of aliphatic hydroxyl groups excluding tert-OH is 1. The fraction of sp³-hybridized carbons (Fsp3) is 0.846. The third-order valence-corrected chi connectivity index (χ3v) is 8.62. The zero-order valence-electron chi connectivity index (χ0n) is 19.6. The molecule has 0 saturated heterocycles. The van der Waals surface area contributed by atoms with Gasteiger partial charge in [0.2, 0.25) is 0 Å². The third-order valence-electron chi connectivity index (χ3n) is 8.62. The van der Waals surface area contributed by atoms with Crippen molar-refractivity contribution in [3.05, 3.63) is 23.8 Å². The van der Waals surface area contributed by atoms with Gasteiger partial charge in [-0.1, -0.05) is 51.5 Å². The van der Waals surface area contributed by atoms with Crippen molar-refractivity contribution in [2.45, 2.75) is 105 Å². The van der Waals surface area contributed by atoms with Crippen molar-refractivity contribution in [3.63, 3.8) is 0 Å². The van der Waals surface area contributed by atoms with Crippen molar-refractivity contribution in [2.75, 3.05) is 7.11 Å². The number of fused-ring (bicyclic) bond motifs is 5. The zero-order valence-corrected chi connectivity index (χ0v) is 19.6. The van der Waals surface area contributed by atoms with Crippen LogP contribution in [0.2, 0.25) is 0 Å². The molecule has 28 heavy (non-hydrogen) atoms. The highest BCUT2D eigenvalue weighted by Gasteiger charge is 2.59. The molecule has 7 unspecified atom stereocenters. The van der Waals surface area contributed by atoms with Crippen molar-refractivity contribution in [1.29, 1.82) is 0 Å². The van der Waals surface area contributed by atoms with Gasteiger partial charge in [0.25, 0.3) is 0 Å². The Bertz CT molecular complexity index is 547. The number of methoxy groups -OCH3 is 1. The van der Waals surface area contributed by atoms with Gasteiger partial charge in [-0.25, -0.2) is 0 Å². The molecule has 0 aliphatic heterocycles. The summed E-state index contributed by atoms with van der Waals surface area (Å²) in [6.45, 7) is 13.0. The molecule has 0 radical (unpaired) electrons. The lowest BCUT2D eigenvalue weighted by Gasteiger charge is -2.58. The lowest BCUT2D eigenvalue weighted by Crippen LogP contribution is -2.51. The lowest BCUT2D eigenvalue weighted by molar-refractivity contribution is -0.0865. The Morgan fingerprint density at radius 2 is 1.64 bits per heavy atom. The number of ether oxygens (including phenoxy) is 1. The molecule has 4 aliphatic rings. The van der Waals surface area contributed by atoms with Crippen LogP contribution in [0.1, 0.15) is 92.9 Å². The van der Waals surface area contributed by atoms with Crippen LogP contribution in [-0.4, -0.2) is 24.4 Å². The van der Waals surface area contributed by atoms with E-state index in [-0.39, 0.29) is 6.10 Å². The predicted molar refractivity (Wildman–Crippen MR) is 120 cm³/mol. The number of hydrogen-bond acceptors (Lipinski definition) is 2. The average Bonchev–Trinajstić information content (AvgIpc) is 3.06. The normalized spacial score (nSPS) is 44.1. The largest absolute Gasteiger partial charge is 0.389 e. The molecule has 0 spiro atoms. The minimum Gasteiger partial charge on any atom is -0.389 e. The lowest BCUT2D eigenvalue weighted by atomic mass is 9.47. The first kappa shape index (κ1) is 23.7. The Morgan fingerprint density at radius 3 is 2.25 bits per heavy atom. The Morgan fingerprint density at radius 1 is 0.964 bits per heavy atom. The van der Waals surface area contributed by atoms with E-state index in [0.717, 1.165) is 24.2 Å². The van der Waals surface area contributed by atoms with E-state index in [1.807, 2.05) is 47.0 Å². The molecule has 4 aliphatic carbocycles. The maximum absolute atomic E-state index is 10.0. The molecule has 0 aromatic rings. The molecular formula is C26H46O2. The fourth-order valence-electron chi connectivity index (χ4n) is 7.05. The summed E-state index contributed by atoms with van der Waals surface area (Å²) in [6, 6.07) is 0. The average molecular weight is 391 g/mol. The number of hydrogen-bond donors (Lipinski definition) is 1. The Labute approximate surface area is 174 Å². The van der Waals surface area contributed by atoms with Gasteiger partial charge in [-0.3, -0.25) is 0 Å². The maximum atomic E-state index is 10.0. The van der Waals surface area contributed by atoms with Gasteiger partial charge in [-0.15, -0.1) is 0 Å². The van der Waals surface area contributed by atoms with Crippen molar-refractivity contribution >= 4 is 0 Å². The van der Waals surface area contributed by atoms with Crippen LogP contribution in [0, 0.1) is 28.6 Å². The molecule has 0 bridgehead atoms. The standard InChI is InChI=1S/C20H32O2.C4H8.C2H6/c1-19-10-8-14(21)12-13(19)4-5-15-16-6-7-18(22-3)20(16,2)11-9-17(15)19;1-3-4-2;1-2/h12,14-18,21H,4-11H2,1-3H3;3-4H,1-2H3;1-2H3/b;4-3+;. The van der Waals surface area contributed by atoms with Crippen LogP contribution in [0.4, 0.5) is 0 Å². The maximum Gasteiger partial charge on any atom is 0.0724 e. The van der Waals surface area contributed by atoms with Crippen LogP contribution in [0.15, 0.2) is 23.8 Å². The number of aliphatic hydroxyl groups is 1. The van der Waals surface area contributed by atoms with E-state index in [4.69, 9.17) is 4.74 Å². The molecule has 0 aromatic heterocycles. The van der Waals surface area contributed by atoms with E-state index in [0.29, 0.717) is 16.9 Å². The zero-order chi connectivity index (χ0) is 20.9. The molecule has 0 aromatic carbocycles. The molecule has 0 amide bonds. The Kier molecular flexibility index (Phi) is 8.40. The van der Waals surface area contributed by atoms with Gasteiger partial charge in [-0.2, -0.15) is 0 Å². The van der Waals surface area contributed by atoms with E-state index in [9.17, 15) is 5.11 Å². The Hall–Kier alpha value is -0.600. The summed E-state index contributed by atoms with van der Waals surface area (Å²) in [5.74, 6) is 2.59. The molecular weight excluding hydrogens is 344 g/mol. The van der Waals surface area contributed by atoms with Crippen LogP contribution in [0.3, 0.4) is 0 Å². The first-order chi connectivity index (χ1) is 13.4. The molecule has 162 valence electrons. The molecule has 0 heterocycles. The Balaban J connectivity index is 0.000000419. The quantitative estimate of drug-likeness (QED) is 0.492. The van der Waals surface area contributed by atoms with Crippen LogP contribution < -0.4 is 0 Å². The van der Waals surface area contributed by atoms with Crippen LogP contribution in [0.25, 0.3) is 0 Å². The van der Waals surface area contributed by atoms with E-state index in [1.165, 1.54) is 44.9 Å². The first-order valence-corrected chi connectivity index (χ1v) is 11.9. The summed E-state index contributed by atoms with van der Waals surface area (Å²) in [6.07, 6.45) is 16.6. The topological polar surface area (TPSA) is 29.5 Å². The van der Waals surface area contributed by atoms with Crippen molar-refractivity contribution in [1.82, 2.24) is 0 Å². The fourth-order valence-corrected chi connectivity index (χ4v) is 7.05. The molecule has 1 N–H and O–H groups in total. The molecule has 4 rings (SSSR count). The molecule has 2 nitrogen and oxygen atoms in total. The summed E-state index contributed by atoms with van der Waals surface area (Å²) in [4.78, 5) is 0. The van der Waals surface area contributed by atoms with Gasteiger partial charge in [-0.05, 0) is 93.8 Å². The smallest absolute Gasteiger partial charge is 0.0724 e. The highest BCUT2D eigenvalue weighted by molar-refractivity contribution is 5.25. The molecule has 3 saturated carbocycles. The van der Waals surface area contributed by atoms with E-state index in [1.54, 1.807) is 5.57 Å². The van der Waals surface area contributed by atoms with Gasteiger partial charge < -0.3 is 9.84 Å². The van der Waals surface area contributed by atoms with Crippen molar-refractivity contribution < 1.29 is 9.84 Å². The monoisotopic (exact) mass is 390 g/mol. The minimum atomic E-state index is -0.183. The molecule has 3 fully saturated rings. The summed E-state index contributed by atoms with van der Waals surface area (Å²) >= 11 is 0. The third kappa shape index (κ3) is 4.15. The van der Waals surface area contributed by atoms with Crippen LogP contribution >= 0.6 is 0 Å². The second kappa shape index (κ2) is 9.94. The summed E-state index contributed by atoms with van der Waals surface area (Å²) < 4.78 is 5.86.